The number of sulfone groups is 1. The first-order valence-electron chi connectivity index (χ1n) is 8.40. The fourth-order valence-corrected chi connectivity index (χ4v) is 6.72. The summed E-state index contributed by atoms with van der Waals surface area (Å²) in [7, 11) is -2.76. The summed E-state index contributed by atoms with van der Waals surface area (Å²) in [5, 5.41) is 0. The van der Waals surface area contributed by atoms with Gasteiger partial charge in [0.25, 0.3) is 0 Å². The lowest BCUT2D eigenvalue weighted by molar-refractivity contribution is -0.274. The fraction of sp³-hybridized carbons (Fsp3) is 0.647. The molecule has 0 atom stereocenters. The van der Waals surface area contributed by atoms with E-state index in [1.165, 1.54) is 12.1 Å². The van der Waals surface area contributed by atoms with Crippen molar-refractivity contribution in [3.8, 4) is 5.75 Å². The Balaban J connectivity index is 1.21. The summed E-state index contributed by atoms with van der Waals surface area (Å²) in [4.78, 5) is 2.33. The third-order valence-electron chi connectivity index (χ3n) is 5.51. The molecule has 1 aromatic rings. The number of alkyl halides is 3. The molecule has 2 aliphatic heterocycles. The molecule has 0 aromatic heterocycles. The van der Waals surface area contributed by atoms with Gasteiger partial charge in [-0.05, 0) is 42.4 Å². The lowest BCUT2D eigenvalue weighted by atomic mass is 9.70. The Hall–Kier alpha value is -1.28. The van der Waals surface area contributed by atoms with Crippen LogP contribution in [0.2, 0.25) is 0 Å². The van der Waals surface area contributed by atoms with Crippen LogP contribution in [0.1, 0.15) is 24.3 Å². The third kappa shape index (κ3) is 3.65. The van der Waals surface area contributed by atoms with Crippen molar-refractivity contribution in [3.63, 3.8) is 0 Å². The van der Waals surface area contributed by atoms with Crippen molar-refractivity contribution >= 4 is 9.84 Å². The molecule has 2 heterocycles. The van der Waals surface area contributed by atoms with Gasteiger partial charge in [-0.25, -0.2) is 8.42 Å². The van der Waals surface area contributed by atoms with Crippen LogP contribution >= 0.6 is 0 Å². The molecule has 25 heavy (non-hydrogen) atoms. The highest BCUT2D eigenvalue weighted by molar-refractivity contribution is 7.92. The summed E-state index contributed by atoms with van der Waals surface area (Å²) >= 11 is 0. The molecule has 1 spiro atoms. The maximum Gasteiger partial charge on any atom is 0.573 e. The van der Waals surface area contributed by atoms with Crippen LogP contribution in [0, 0.1) is 11.3 Å². The van der Waals surface area contributed by atoms with Crippen molar-refractivity contribution in [2.45, 2.75) is 25.1 Å². The molecule has 4 rings (SSSR count). The number of nitrogens with zero attached hydrogens (tertiary/aromatic N) is 1. The standard InChI is InChI=1S/C17H20F3NO3S/c18-17(19,20)24-15-3-1-13(2-4-15)14-5-12(6-14)7-21-8-16(9-21)10-25(22,23)11-16/h1-4,12,14H,5-11H2. The number of ether oxygens (including phenoxy) is 1. The van der Waals surface area contributed by atoms with Gasteiger partial charge in [0.05, 0.1) is 11.5 Å². The summed E-state index contributed by atoms with van der Waals surface area (Å²) in [5.41, 5.74) is 1.09. The van der Waals surface area contributed by atoms with Crippen molar-refractivity contribution in [2.75, 3.05) is 31.1 Å². The Bertz CT molecular complexity index is 734. The van der Waals surface area contributed by atoms with Gasteiger partial charge in [0, 0.05) is 25.0 Å². The van der Waals surface area contributed by atoms with Crippen molar-refractivity contribution < 1.29 is 26.3 Å². The van der Waals surface area contributed by atoms with E-state index in [0.29, 0.717) is 23.3 Å². The van der Waals surface area contributed by atoms with E-state index in [9.17, 15) is 21.6 Å². The van der Waals surface area contributed by atoms with Crippen LogP contribution in [0.4, 0.5) is 13.2 Å². The molecule has 0 bridgehead atoms. The van der Waals surface area contributed by atoms with Gasteiger partial charge in [-0.15, -0.1) is 13.2 Å². The molecular formula is C17H20F3NO3S. The van der Waals surface area contributed by atoms with Gasteiger partial charge >= 0.3 is 6.36 Å². The molecule has 3 fully saturated rings. The average molecular weight is 375 g/mol. The second kappa shape index (κ2) is 5.61. The lowest BCUT2D eigenvalue weighted by Gasteiger charge is -2.56. The molecule has 1 aromatic carbocycles. The normalized spacial score (nSPS) is 30.2. The maximum absolute atomic E-state index is 12.2. The first-order valence-corrected chi connectivity index (χ1v) is 10.2. The van der Waals surface area contributed by atoms with Crippen LogP contribution in [0.3, 0.4) is 0 Å². The minimum atomic E-state index is -4.66. The van der Waals surface area contributed by atoms with Crippen LogP contribution in [0.5, 0.6) is 5.75 Å². The minimum absolute atomic E-state index is 0.0380. The van der Waals surface area contributed by atoms with Crippen LogP contribution in [0.15, 0.2) is 24.3 Å². The molecule has 1 saturated carbocycles. The Labute approximate surface area is 144 Å². The molecule has 1 aliphatic carbocycles. The Morgan fingerprint density at radius 1 is 1.12 bits per heavy atom. The van der Waals surface area contributed by atoms with E-state index in [1.54, 1.807) is 12.1 Å². The van der Waals surface area contributed by atoms with Gasteiger partial charge in [-0.3, -0.25) is 0 Å². The first-order chi connectivity index (χ1) is 11.6. The topological polar surface area (TPSA) is 46.6 Å². The highest BCUT2D eigenvalue weighted by Gasteiger charge is 2.56. The lowest BCUT2D eigenvalue weighted by Crippen LogP contribution is -2.68. The fourth-order valence-electron chi connectivity index (χ4n) is 4.57. The predicted molar refractivity (Wildman–Crippen MR) is 86.1 cm³/mol. The molecule has 0 amide bonds. The van der Waals surface area contributed by atoms with E-state index >= 15 is 0 Å². The number of hydrogen-bond donors (Lipinski definition) is 0. The monoisotopic (exact) mass is 375 g/mol. The van der Waals surface area contributed by atoms with E-state index in [-0.39, 0.29) is 11.2 Å². The zero-order valence-corrected chi connectivity index (χ0v) is 14.4. The van der Waals surface area contributed by atoms with Crippen LogP contribution in [-0.2, 0) is 9.84 Å². The molecule has 138 valence electrons. The number of halogens is 3. The second-order valence-electron chi connectivity index (χ2n) is 7.85. The third-order valence-corrected chi connectivity index (χ3v) is 7.61. The quantitative estimate of drug-likeness (QED) is 0.812. The Morgan fingerprint density at radius 2 is 1.72 bits per heavy atom. The number of hydrogen-bond acceptors (Lipinski definition) is 4. The highest BCUT2D eigenvalue weighted by atomic mass is 32.2. The van der Waals surface area contributed by atoms with Crippen molar-refractivity contribution in [1.29, 1.82) is 0 Å². The summed E-state index contributed by atoms with van der Waals surface area (Å²) < 4.78 is 63.0. The van der Waals surface area contributed by atoms with Crippen molar-refractivity contribution in [3.05, 3.63) is 29.8 Å². The van der Waals surface area contributed by atoms with Crippen LogP contribution in [-0.4, -0.2) is 50.8 Å². The summed E-state index contributed by atoms with van der Waals surface area (Å²) in [6.07, 6.45) is -2.60. The first kappa shape index (κ1) is 17.1. The van der Waals surface area contributed by atoms with E-state index in [0.717, 1.165) is 38.0 Å². The average Bonchev–Trinajstić information content (AvgIpc) is 2.37. The Kier molecular flexibility index (Phi) is 3.85. The molecule has 2 saturated heterocycles. The van der Waals surface area contributed by atoms with Gasteiger partial charge in [-0.1, -0.05) is 12.1 Å². The smallest absolute Gasteiger partial charge is 0.406 e. The number of likely N-dealkylation sites (tertiary alicyclic amines) is 1. The summed E-state index contributed by atoms with van der Waals surface area (Å²) in [6.45, 7) is 2.77. The molecule has 0 N–H and O–H groups in total. The van der Waals surface area contributed by atoms with E-state index in [2.05, 4.69) is 9.64 Å². The molecular weight excluding hydrogens is 355 g/mol. The molecule has 0 unspecified atom stereocenters. The second-order valence-corrected chi connectivity index (χ2v) is 9.92. The van der Waals surface area contributed by atoms with Gasteiger partial charge in [0.1, 0.15) is 5.75 Å². The molecule has 4 nitrogen and oxygen atoms in total. The van der Waals surface area contributed by atoms with Gasteiger partial charge in [0.2, 0.25) is 0 Å². The molecule has 0 radical (unpaired) electrons. The van der Waals surface area contributed by atoms with Crippen molar-refractivity contribution in [1.82, 2.24) is 4.90 Å². The van der Waals surface area contributed by atoms with Crippen molar-refractivity contribution in [2.24, 2.45) is 11.3 Å². The molecule has 8 heteroatoms. The maximum atomic E-state index is 12.2. The van der Waals surface area contributed by atoms with Gasteiger partial charge < -0.3 is 9.64 Å². The molecule has 3 aliphatic rings. The number of benzene rings is 1. The Morgan fingerprint density at radius 3 is 2.24 bits per heavy atom. The van der Waals surface area contributed by atoms with E-state index < -0.39 is 16.2 Å². The van der Waals surface area contributed by atoms with Gasteiger partial charge in [0.15, 0.2) is 9.84 Å². The van der Waals surface area contributed by atoms with E-state index in [1.807, 2.05) is 0 Å². The summed E-state index contributed by atoms with van der Waals surface area (Å²) in [5.74, 6) is 1.48. The largest absolute Gasteiger partial charge is 0.573 e. The van der Waals surface area contributed by atoms with Crippen LogP contribution < -0.4 is 4.74 Å². The zero-order valence-electron chi connectivity index (χ0n) is 13.6. The summed E-state index contributed by atoms with van der Waals surface area (Å²) in [6, 6.07) is 6.15. The van der Waals surface area contributed by atoms with Crippen LogP contribution in [0.25, 0.3) is 0 Å². The van der Waals surface area contributed by atoms with E-state index in [4.69, 9.17) is 0 Å². The highest BCUT2D eigenvalue weighted by Crippen LogP contribution is 2.46. The predicted octanol–water partition coefficient (Wildman–Crippen LogP) is 2.81. The zero-order chi connectivity index (χ0) is 17.9. The number of rotatable bonds is 4. The van der Waals surface area contributed by atoms with Gasteiger partial charge in [-0.2, -0.15) is 0 Å². The SMILES string of the molecule is O=S1(=O)CC2(CN(CC3CC(c4ccc(OC(F)(F)F)cc4)C3)C2)C1. The minimum Gasteiger partial charge on any atom is -0.406 e.